The standard InChI is InChI=1S/C5H5N3O2/c9-2-5(10)4-1-6-3-7-8-4/h1-3,9-10H. The second kappa shape index (κ2) is 2.77. The van der Waals surface area contributed by atoms with E-state index in [9.17, 15) is 0 Å². The van der Waals surface area contributed by atoms with E-state index in [-0.39, 0.29) is 11.5 Å². The van der Waals surface area contributed by atoms with Crippen molar-refractivity contribution in [1.82, 2.24) is 15.2 Å². The molecule has 1 rings (SSSR count). The highest BCUT2D eigenvalue weighted by atomic mass is 16.3. The average Bonchev–Trinajstić information content (AvgIpc) is 2.05. The smallest absolute Gasteiger partial charge is 0.179 e. The average molecular weight is 139 g/mol. The Hall–Kier alpha value is -1.65. The van der Waals surface area contributed by atoms with Gasteiger partial charge in [0.1, 0.15) is 18.3 Å². The van der Waals surface area contributed by atoms with Crippen molar-refractivity contribution in [3.8, 4) is 0 Å². The minimum Gasteiger partial charge on any atom is -0.512 e. The number of hydrogen-bond donors (Lipinski definition) is 2. The summed E-state index contributed by atoms with van der Waals surface area (Å²) in [5.74, 6) is -0.347. The highest BCUT2D eigenvalue weighted by Crippen LogP contribution is 2.01. The molecule has 5 heteroatoms. The van der Waals surface area contributed by atoms with Crippen LogP contribution in [0.3, 0.4) is 0 Å². The molecule has 0 aliphatic rings. The Labute approximate surface area is 56.7 Å². The van der Waals surface area contributed by atoms with E-state index in [0.717, 1.165) is 0 Å². The molecule has 0 radical (unpaired) electrons. The van der Waals surface area contributed by atoms with Gasteiger partial charge in [0.2, 0.25) is 0 Å². The molecule has 0 aliphatic carbocycles. The van der Waals surface area contributed by atoms with Crippen LogP contribution >= 0.6 is 0 Å². The number of hydrogen-bond acceptors (Lipinski definition) is 5. The Morgan fingerprint density at radius 3 is 2.90 bits per heavy atom. The summed E-state index contributed by atoms with van der Waals surface area (Å²) in [6.07, 6.45) is 3.05. The van der Waals surface area contributed by atoms with Crippen LogP contribution in [0.5, 0.6) is 0 Å². The van der Waals surface area contributed by atoms with Gasteiger partial charge in [0, 0.05) is 0 Å². The van der Waals surface area contributed by atoms with E-state index in [1.807, 2.05) is 0 Å². The van der Waals surface area contributed by atoms with Crippen LogP contribution in [0.2, 0.25) is 0 Å². The van der Waals surface area contributed by atoms with Gasteiger partial charge in [-0.15, -0.1) is 10.2 Å². The highest BCUT2D eigenvalue weighted by Gasteiger charge is 1.98. The lowest BCUT2D eigenvalue weighted by Gasteiger charge is -1.91. The molecule has 1 heterocycles. The fraction of sp³-hybridized carbons (Fsp3) is 0. The molecule has 52 valence electrons. The van der Waals surface area contributed by atoms with Crippen LogP contribution < -0.4 is 0 Å². The number of aromatic nitrogens is 3. The largest absolute Gasteiger partial charge is 0.512 e. The van der Waals surface area contributed by atoms with Gasteiger partial charge in [0.15, 0.2) is 5.76 Å². The molecule has 0 fully saturated rings. The Morgan fingerprint density at radius 1 is 1.60 bits per heavy atom. The molecule has 0 atom stereocenters. The summed E-state index contributed by atoms with van der Waals surface area (Å²) in [5, 5.41) is 23.9. The van der Waals surface area contributed by atoms with Gasteiger partial charge in [0.05, 0.1) is 6.20 Å². The van der Waals surface area contributed by atoms with E-state index < -0.39 is 0 Å². The normalized spacial score (nSPS) is 11.4. The molecule has 2 N–H and O–H groups in total. The van der Waals surface area contributed by atoms with E-state index >= 15 is 0 Å². The zero-order valence-corrected chi connectivity index (χ0v) is 4.97. The van der Waals surface area contributed by atoms with Gasteiger partial charge in [-0.05, 0) is 0 Å². The van der Waals surface area contributed by atoms with E-state index in [0.29, 0.717) is 6.26 Å². The second-order valence-corrected chi connectivity index (χ2v) is 1.51. The molecule has 10 heavy (non-hydrogen) atoms. The van der Waals surface area contributed by atoms with Crippen LogP contribution in [-0.4, -0.2) is 25.4 Å². The van der Waals surface area contributed by atoms with Crippen molar-refractivity contribution in [1.29, 1.82) is 0 Å². The summed E-state index contributed by atoms with van der Waals surface area (Å²) < 4.78 is 0. The molecule has 1 aromatic rings. The van der Waals surface area contributed by atoms with Crippen molar-refractivity contribution < 1.29 is 10.2 Å². The maximum absolute atomic E-state index is 8.80. The Balaban J connectivity index is 2.96. The minimum atomic E-state index is -0.347. The van der Waals surface area contributed by atoms with Crippen LogP contribution in [0, 0.1) is 0 Å². The second-order valence-electron chi connectivity index (χ2n) is 1.51. The molecule has 0 spiro atoms. The van der Waals surface area contributed by atoms with Gasteiger partial charge in [-0.1, -0.05) is 0 Å². The molecular formula is C5H5N3O2. The van der Waals surface area contributed by atoms with Crippen LogP contribution in [0.1, 0.15) is 5.69 Å². The molecular weight excluding hydrogens is 134 g/mol. The molecule has 0 aliphatic heterocycles. The lowest BCUT2D eigenvalue weighted by Crippen LogP contribution is -1.91. The molecule has 0 saturated carbocycles. The maximum Gasteiger partial charge on any atom is 0.179 e. The highest BCUT2D eigenvalue weighted by molar-refractivity contribution is 5.50. The van der Waals surface area contributed by atoms with Gasteiger partial charge in [-0.25, -0.2) is 4.98 Å². The van der Waals surface area contributed by atoms with Crippen molar-refractivity contribution in [2.45, 2.75) is 0 Å². The quantitative estimate of drug-likeness (QED) is 0.546. The van der Waals surface area contributed by atoms with E-state index in [2.05, 4.69) is 15.2 Å². The third-order valence-electron chi connectivity index (χ3n) is 0.865. The predicted molar refractivity (Wildman–Crippen MR) is 33.1 cm³/mol. The van der Waals surface area contributed by atoms with Crippen LogP contribution in [-0.2, 0) is 0 Å². The first-order valence-corrected chi connectivity index (χ1v) is 2.51. The molecule has 5 nitrogen and oxygen atoms in total. The van der Waals surface area contributed by atoms with Gasteiger partial charge in [-0.3, -0.25) is 0 Å². The number of nitrogens with zero attached hydrogens (tertiary/aromatic N) is 3. The van der Waals surface area contributed by atoms with Gasteiger partial charge in [0.25, 0.3) is 0 Å². The maximum atomic E-state index is 8.80. The van der Waals surface area contributed by atoms with Gasteiger partial charge >= 0.3 is 0 Å². The lowest BCUT2D eigenvalue weighted by atomic mass is 10.4. The van der Waals surface area contributed by atoms with E-state index in [1.165, 1.54) is 12.5 Å². The summed E-state index contributed by atoms with van der Waals surface area (Å²) in [7, 11) is 0. The number of aliphatic hydroxyl groups is 2. The van der Waals surface area contributed by atoms with Gasteiger partial charge < -0.3 is 10.2 Å². The zero-order chi connectivity index (χ0) is 7.40. The lowest BCUT2D eigenvalue weighted by molar-refractivity contribution is 0.429. The van der Waals surface area contributed by atoms with Crippen LogP contribution in [0.15, 0.2) is 18.8 Å². The topological polar surface area (TPSA) is 79.1 Å². The Morgan fingerprint density at radius 2 is 2.40 bits per heavy atom. The molecule has 0 bridgehead atoms. The first-order valence-electron chi connectivity index (χ1n) is 2.51. The fourth-order valence-corrected chi connectivity index (χ4v) is 0.431. The third-order valence-corrected chi connectivity index (χ3v) is 0.865. The Kier molecular flexibility index (Phi) is 1.79. The zero-order valence-electron chi connectivity index (χ0n) is 4.97. The molecule has 0 amide bonds. The van der Waals surface area contributed by atoms with E-state index in [1.54, 1.807) is 0 Å². The number of rotatable bonds is 1. The van der Waals surface area contributed by atoms with Crippen LogP contribution in [0.25, 0.3) is 5.76 Å². The first-order chi connectivity index (χ1) is 4.84. The van der Waals surface area contributed by atoms with Crippen molar-refractivity contribution in [2.75, 3.05) is 0 Å². The summed E-state index contributed by atoms with van der Waals surface area (Å²) in [4.78, 5) is 3.57. The fourth-order valence-electron chi connectivity index (χ4n) is 0.431. The summed E-state index contributed by atoms with van der Waals surface area (Å²) in [6.45, 7) is 0. The molecule has 0 unspecified atom stereocenters. The van der Waals surface area contributed by atoms with Crippen molar-refractivity contribution in [3.05, 3.63) is 24.5 Å². The molecule has 1 aromatic heterocycles. The SMILES string of the molecule is OC=C(O)c1cncnn1. The summed E-state index contributed by atoms with van der Waals surface area (Å²) >= 11 is 0. The Bertz CT molecular complexity index is 234. The van der Waals surface area contributed by atoms with Crippen LogP contribution in [0.4, 0.5) is 0 Å². The third kappa shape index (κ3) is 1.19. The minimum absolute atomic E-state index is 0.144. The van der Waals surface area contributed by atoms with Gasteiger partial charge in [-0.2, -0.15) is 0 Å². The first kappa shape index (κ1) is 6.47. The van der Waals surface area contributed by atoms with Crippen molar-refractivity contribution >= 4 is 5.76 Å². The summed E-state index contributed by atoms with van der Waals surface area (Å²) in [6, 6.07) is 0. The predicted octanol–water partition coefficient (Wildman–Crippen LogP) is 0.286. The van der Waals surface area contributed by atoms with Crippen molar-refractivity contribution in [2.24, 2.45) is 0 Å². The monoisotopic (exact) mass is 139 g/mol. The molecule has 0 aromatic carbocycles. The number of aliphatic hydroxyl groups excluding tert-OH is 2. The molecule has 0 saturated heterocycles. The summed E-state index contributed by atoms with van der Waals surface area (Å²) in [5.41, 5.74) is 0.144. The van der Waals surface area contributed by atoms with E-state index in [4.69, 9.17) is 10.2 Å². The van der Waals surface area contributed by atoms with Crippen molar-refractivity contribution in [3.63, 3.8) is 0 Å².